The van der Waals surface area contributed by atoms with E-state index in [1.807, 2.05) is 13.0 Å². The molecule has 2 aromatic rings. The zero-order chi connectivity index (χ0) is 28.1. The number of hydrogen-bond donors (Lipinski definition) is 9. The highest BCUT2D eigenvalue weighted by Gasteiger charge is 2.49. The number of carbonyl (C=O) groups is 1. The summed E-state index contributed by atoms with van der Waals surface area (Å²) in [6, 6.07) is 4.53. The summed E-state index contributed by atoms with van der Waals surface area (Å²) in [6.45, 7) is 2.88. The standard InChI is InChI=1S/C23H34N8O7/c1-3-4-5-13-6-7-15(10-14(13)11-31(2)22(33,34)23(35,36)37)26-20-18(19(25)32)29-30-21(28-20)27-17-8-9-38-12-16(17)24/h5-7,10-11,16-17,33-37H,3-4,8-9,12,24H2,1-2H3,(H2,25,32)(H2,26,27,28,30)/b13-5?,14-11-/t16-,17+/m0/s1. The minimum absolute atomic E-state index is 0.0129. The Morgan fingerprint density at radius 1 is 1.24 bits per heavy atom. The number of aromatic nitrogens is 3. The van der Waals surface area contributed by atoms with Crippen molar-refractivity contribution in [1.82, 2.24) is 20.1 Å². The maximum absolute atomic E-state index is 12.0. The zero-order valence-electron chi connectivity index (χ0n) is 21.1. The minimum atomic E-state index is -3.83. The molecule has 1 aromatic heterocycles. The van der Waals surface area contributed by atoms with Crippen LogP contribution < -0.4 is 32.5 Å². The first kappa shape index (κ1) is 29.1. The van der Waals surface area contributed by atoms with Gasteiger partial charge in [-0.2, -0.15) is 4.98 Å². The molecule has 15 nitrogen and oxygen atoms in total. The van der Waals surface area contributed by atoms with E-state index in [9.17, 15) is 30.3 Å². The first-order valence-corrected chi connectivity index (χ1v) is 11.9. The molecule has 208 valence electrons. The number of amides is 1. The Hall–Kier alpha value is -3.44. The van der Waals surface area contributed by atoms with E-state index < -0.39 is 17.8 Å². The topological polar surface area (TPSA) is 245 Å². The van der Waals surface area contributed by atoms with Crippen LogP contribution in [0.5, 0.6) is 0 Å². The molecule has 1 aromatic carbocycles. The highest BCUT2D eigenvalue weighted by atomic mass is 16.7. The molecule has 0 bridgehead atoms. The quantitative estimate of drug-likeness (QED) is 0.136. The number of hydrogen-bond acceptors (Lipinski definition) is 14. The third-order valence-electron chi connectivity index (χ3n) is 5.91. The van der Waals surface area contributed by atoms with Crippen LogP contribution in [0.1, 0.15) is 36.7 Å². The van der Waals surface area contributed by atoms with E-state index in [1.165, 1.54) is 6.20 Å². The minimum Gasteiger partial charge on any atom is -0.380 e. The van der Waals surface area contributed by atoms with Crippen molar-refractivity contribution in [3.63, 3.8) is 0 Å². The van der Waals surface area contributed by atoms with Gasteiger partial charge >= 0.3 is 11.9 Å². The van der Waals surface area contributed by atoms with Gasteiger partial charge in [0.15, 0.2) is 11.5 Å². The Morgan fingerprint density at radius 3 is 2.61 bits per heavy atom. The summed E-state index contributed by atoms with van der Waals surface area (Å²) in [5.74, 6) is -7.99. The molecule has 0 radical (unpaired) electrons. The molecule has 1 saturated heterocycles. The largest absolute Gasteiger partial charge is 0.380 e. The van der Waals surface area contributed by atoms with Crippen molar-refractivity contribution in [1.29, 1.82) is 0 Å². The summed E-state index contributed by atoms with van der Waals surface area (Å²) in [5.41, 5.74) is 11.7. The van der Waals surface area contributed by atoms with E-state index in [-0.39, 0.29) is 29.5 Å². The van der Waals surface area contributed by atoms with Crippen molar-refractivity contribution in [3.8, 4) is 0 Å². The van der Waals surface area contributed by atoms with Crippen LogP contribution in [0.15, 0.2) is 18.2 Å². The van der Waals surface area contributed by atoms with Gasteiger partial charge in [0.1, 0.15) is 0 Å². The second-order valence-electron chi connectivity index (χ2n) is 8.95. The lowest BCUT2D eigenvalue weighted by Gasteiger charge is -2.36. The van der Waals surface area contributed by atoms with E-state index in [4.69, 9.17) is 16.2 Å². The Labute approximate surface area is 218 Å². The van der Waals surface area contributed by atoms with E-state index in [1.54, 1.807) is 18.2 Å². The van der Waals surface area contributed by atoms with E-state index in [0.29, 0.717) is 47.1 Å². The third kappa shape index (κ3) is 6.90. The predicted octanol–water partition coefficient (Wildman–Crippen LogP) is -3.24. The summed E-state index contributed by atoms with van der Waals surface area (Å²) >= 11 is 0. The number of nitrogens with one attached hydrogen (secondary N) is 2. The number of rotatable bonds is 10. The van der Waals surface area contributed by atoms with E-state index in [2.05, 4.69) is 25.8 Å². The molecule has 15 heteroatoms. The van der Waals surface area contributed by atoms with Gasteiger partial charge in [-0.05, 0) is 35.4 Å². The van der Waals surface area contributed by atoms with Crippen LogP contribution in [-0.4, -0.2) is 95.8 Å². The van der Waals surface area contributed by atoms with Crippen LogP contribution in [0.3, 0.4) is 0 Å². The normalized spacial score (nSPS) is 19.4. The molecule has 1 fully saturated rings. The molecule has 1 aliphatic heterocycles. The van der Waals surface area contributed by atoms with Crippen molar-refractivity contribution in [3.05, 3.63) is 34.3 Å². The van der Waals surface area contributed by atoms with Crippen molar-refractivity contribution in [2.45, 2.75) is 50.2 Å². The van der Waals surface area contributed by atoms with Crippen LogP contribution in [-0.2, 0) is 4.74 Å². The average Bonchev–Trinajstić information content (AvgIpc) is 2.84. The average molecular weight is 535 g/mol. The highest BCUT2D eigenvalue weighted by molar-refractivity contribution is 5.96. The summed E-state index contributed by atoms with van der Waals surface area (Å²) in [4.78, 5) is 17.0. The highest BCUT2D eigenvalue weighted by Crippen LogP contribution is 2.20. The fourth-order valence-corrected chi connectivity index (χ4v) is 3.67. The van der Waals surface area contributed by atoms with Gasteiger partial charge < -0.3 is 57.3 Å². The molecule has 0 spiro atoms. The molecular formula is C23H34N8O7. The fourth-order valence-electron chi connectivity index (χ4n) is 3.67. The van der Waals surface area contributed by atoms with Crippen LogP contribution in [0.2, 0.25) is 0 Å². The number of aliphatic hydroxyl groups is 5. The summed E-state index contributed by atoms with van der Waals surface area (Å²) in [5, 5.41) is 63.0. The molecular weight excluding hydrogens is 500 g/mol. The number of nitrogens with zero attached hydrogens (tertiary/aromatic N) is 4. The number of primary amides is 1. The third-order valence-corrected chi connectivity index (χ3v) is 5.91. The number of carbonyl (C=O) groups excluding carboxylic acids is 1. The molecule has 0 unspecified atom stereocenters. The van der Waals surface area contributed by atoms with Gasteiger partial charge in [0, 0.05) is 37.6 Å². The molecule has 11 N–H and O–H groups in total. The number of ether oxygens (including phenoxy) is 1. The zero-order valence-corrected chi connectivity index (χ0v) is 21.1. The molecule has 3 rings (SSSR count). The van der Waals surface area contributed by atoms with Crippen LogP contribution >= 0.6 is 0 Å². The van der Waals surface area contributed by atoms with Gasteiger partial charge in [-0.15, -0.1) is 10.2 Å². The second kappa shape index (κ2) is 12.0. The molecule has 2 heterocycles. The molecule has 0 saturated carbocycles. The van der Waals surface area contributed by atoms with E-state index in [0.717, 1.165) is 13.5 Å². The van der Waals surface area contributed by atoms with E-state index >= 15 is 0 Å². The molecule has 38 heavy (non-hydrogen) atoms. The Balaban J connectivity index is 2.01. The number of nitrogens with two attached hydrogens (primary N) is 2. The number of unbranched alkanes of at least 4 members (excludes halogenated alkanes) is 1. The van der Waals surface area contributed by atoms with Crippen molar-refractivity contribution < 1.29 is 35.1 Å². The van der Waals surface area contributed by atoms with Crippen molar-refractivity contribution in [2.75, 3.05) is 30.9 Å². The fraction of sp³-hybridized carbons (Fsp3) is 0.478. The SMILES string of the molecule is CCCC=c1ccc(Nc2nc(N[C@@H]3CCOC[C@@H]3N)nnc2C(N)=O)c/c1=C/N(C)C(O)(O)C(O)(O)O. The summed E-state index contributed by atoms with van der Waals surface area (Å²) in [7, 11) is 1.12. The van der Waals surface area contributed by atoms with Gasteiger partial charge in [0.25, 0.3) is 5.91 Å². The van der Waals surface area contributed by atoms with Gasteiger partial charge in [-0.1, -0.05) is 25.5 Å². The maximum atomic E-state index is 12.0. The Kier molecular flexibility index (Phi) is 9.16. The predicted molar refractivity (Wildman–Crippen MR) is 136 cm³/mol. The Bertz CT molecular complexity index is 1250. The van der Waals surface area contributed by atoms with Crippen LogP contribution in [0.25, 0.3) is 12.3 Å². The smallest absolute Gasteiger partial charge is 0.355 e. The van der Waals surface area contributed by atoms with Crippen molar-refractivity contribution in [2.24, 2.45) is 11.5 Å². The lowest BCUT2D eigenvalue weighted by Crippen LogP contribution is -2.62. The number of anilines is 3. The van der Waals surface area contributed by atoms with Gasteiger partial charge in [0.2, 0.25) is 5.95 Å². The first-order valence-electron chi connectivity index (χ1n) is 11.9. The molecule has 1 amide bonds. The monoisotopic (exact) mass is 534 g/mol. The number of benzene rings is 1. The molecule has 2 atom stereocenters. The molecule has 0 aliphatic carbocycles. The maximum Gasteiger partial charge on any atom is 0.355 e. The first-order chi connectivity index (χ1) is 17.8. The Morgan fingerprint density at radius 2 is 1.97 bits per heavy atom. The number of likely N-dealkylation sites (N-methyl/N-ethyl adjacent to an activating group) is 1. The second-order valence-corrected chi connectivity index (χ2v) is 8.95. The summed E-state index contributed by atoms with van der Waals surface area (Å²) < 4.78 is 5.34. The lowest BCUT2D eigenvalue weighted by molar-refractivity contribution is -0.475. The van der Waals surface area contributed by atoms with Gasteiger partial charge in [-0.25, -0.2) is 0 Å². The lowest BCUT2D eigenvalue weighted by atomic mass is 10.1. The van der Waals surface area contributed by atoms with Gasteiger partial charge in [-0.3, -0.25) is 4.79 Å². The van der Waals surface area contributed by atoms with Crippen molar-refractivity contribution >= 4 is 35.6 Å². The summed E-state index contributed by atoms with van der Waals surface area (Å²) in [6.07, 6.45) is 5.26. The molecule has 1 aliphatic rings. The van der Waals surface area contributed by atoms with Crippen LogP contribution in [0, 0.1) is 0 Å². The van der Waals surface area contributed by atoms with Crippen LogP contribution in [0.4, 0.5) is 17.5 Å². The van der Waals surface area contributed by atoms with Gasteiger partial charge in [0.05, 0.1) is 6.61 Å².